The van der Waals surface area contributed by atoms with Crippen molar-refractivity contribution in [3.8, 4) is 0 Å². The molecule has 1 aromatic heterocycles. The van der Waals surface area contributed by atoms with Crippen LogP contribution in [0.1, 0.15) is 30.4 Å². The molecule has 1 rings (SSSR count). The minimum Gasteiger partial charge on any atom is -0.391 e. The molecule has 5 heteroatoms. The lowest BCUT2D eigenvalue weighted by Gasteiger charge is -2.09. The number of aliphatic hydroxyl groups excluding tert-OH is 1. The van der Waals surface area contributed by atoms with E-state index in [0.717, 1.165) is 6.42 Å². The molecule has 0 aliphatic carbocycles. The molecule has 0 saturated carbocycles. The molecule has 14 heavy (non-hydrogen) atoms. The van der Waals surface area contributed by atoms with Gasteiger partial charge >= 0.3 is 0 Å². The van der Waals surface area contributed by atoms with Crippen LogP contribution in [0.3, 0.4) is 0 Å². The molecule has 5 nitrogen and oxygen atoms in total. The van der Waals surface area contributed by atoms with Gasteiger partial charge in [0.15, 0.2) is 5.82 Å². The molecule has 1 atom stereocenters. The van der Waals surface area contributed by atoms with E-state index in [2.05, 4.69) is 15.3 Å². The lowest BCUT2D eigenvalue weighted by Crippen LogP contribution is -2.32. The summed E-state index contributed by atoms with van der Waals surface area (Å²) in [4.78, 5) is 17.8. The Morgan fingerprint density at radius 3 is 3.14 bits per heavy atom. The van der Waals surface area contributed by atoms with Gasteiger partial charge in [-0.2, -0.15) is 0 Å². The van der Waals surface area contributed by atoms with Crippen LogP contribution in [0.25, 0.3) is 0 Å². The Morgan fingerprint density at radius 1 is 1.79 bits per heavy atom. The summed E-state index contributed by atoms with van der Waals surface area (Å²) in [6.07, 6.45) is 4.21. The highest BCUT2D eigenvalue weighted by Crippen LogP contribution is 1.94. The summed E-state index contributed by atoms with van der Waals surface area (Å²) in [7, 11) is 0. The van der Waals surface area contributed by atoms with Crippen LogP contribution in [-0.2, 0) is 0 Å². The number of amides is 1. The van der Waals surface area contributed by atoms with Crippen molar-refractivity contribution in [1.29, 1.82) is 0 Å². The van der Waals surface area contributed by atoms with Crippen LogP contribution in [0.5, 0.6) is 0 Å². The van der Waals surface area contributed by atoms with Gasteiger partial charge in [-0.1, -0.05) is 13.3 Å². The number of nitrogens with one attached hydrogen (secondary N) is 2. The van der Waals surface area contributed by atoms with Crippen LogP contribution in [-0.4, -0.2) is 33.6 Å². The number of carbonyl (C=O) groups excluding carboxylic acids is 1. The van der Waals surface area contributed by atoms with E-state index in [1.165, 1.54) is 6.20 Å². The fourth-order valence-electron chi connectivity index (χ4n) is 1.12. The second kappa shape index (κ2) is 5.39. The van der Waals surface area contributed by atoms with Gasteiger partial charge in [0.2, 0.25) is 0 Å². The average Bonchev–Trinajstić information content (AvgIpc) is 2.67. The normalized spacial score (nSPS) is 12.4. The molecular weight excluding hydrogens is 182 g/mol. The zero-order valence-electron chi connectivity index (χ0n) is 8.16. The number of hydrogen-bond acceptors (Lipinski definition) is 3. The summed E-state index contributed by atoms with van der Waals surface area (Å²) in [5, 5.41) is 11.9. The van der Waals surface area contributed by atoms with E-state index in [1.54, 1.807) is 6.20 Å². The number of nitrogens with zero attached hydrogens (tertiary/aromatic N) is 1. The number of imidazole rings is 1. The summed E-state index contributed by atoms with van der Waals surface area (Å²) in [5.41, 5.74) is 0. The maximum Gasteiger partial charge on any atom is 0.287 e. The van der Waals surface area contributed by atoms with Gasteiger partial charge in [-0.05, 0) is 6.42 Å². The number of aromatic nitrogens is 2. The maximum absolute atomic E-state index is 11.3. The molecule has 1 aromatic rings. The molecule has 0 radical (unpaired) electrons. The van der Waals surface area contributed by atoms with Crippen molar-refractivity contribution >= 4 is 5.91 Å². The van der Waals surface area contributed by atoms with Crippen molar-refractivity contribution in [1.82, 2.24) is 15.3 Å². The average molecular weight is 197 g/mol. The first-order chi connectivity index (χ1) is 6.74. The molecule has 0 aliphatic heterocycles. The van der Waals surface area contributed by atoms with Gasteiger partial charge in [0, 0.05) is 18.9 Å². The molecule has 1 unspecified atom stereocenters. The van der Waals surface area contributed by atoms with Crippen LogP contribution < -0.4 is 5.32 Å². The van der Waals surface area contributed by atoms with Gasteiger partial charge in [-0.15, -0.1) is 0 Å². The first-order valence-corrected chi connectivity index (χ1v) is 4.69. The van der Waals surface area contributed by atoms with Crippen molar-refractivity contribution < 1.29 is 9.90 Å². The molecule has 0 fully saturated rings. The summed E-state index contributed by atoms with van der Waals surface area (Å²) in [6, 6.07) is 0. The number of carbonyl (C=O) groups is 1. The summed E-state index contributed by atoms with van der Waals surface area (Å²) in [5.74, 6) is -0.0150. The zero-order valence-corrected chi connectivity index (χ0v) is 8.16. The van der Waals surface area contributed by atoms with Crippen molar-refractivity contribution in [3.05, 3.63) is 18.2 Å². The van der Waals surface area contributed by atoms with Crippen LogP contribution in [0, 0.1) is 0 Å². The van der Waals surface area contributed by atoms with Crippen molar-refractivity contribution in [2.24, 2.45) is 0 Å². The summed E-state index contributed by atoms with van der Waals surface area (Å²) in [6.45, 7) is 2.25. The second-order valence-electron chi connectivity index (χ2n) is 3.09. The topological polar surface area (TPSA) is 78.0 Å². The van der Waals surface area contributed by atoms with Gasteiger partial charge in [0.05, 0.1) is 6.10 Å². The quantitative estimate of drug-likeness (QED) is 0.635. The Labute approximate surface area is 82.6 Å². The molecule has 0 aliphatic rings. The molecular formula is C9H15N3O2. The van der Waals surface area contributed by atoms with Crippen LogP contribution in [0.4, 0.5) is 0 Å². The van der Waals surface area contributed by atoms with E-state index in [-0.39, 0.29) is 18.3 Å². The van der Waals surface area contributed by atoms with Crippen molar-refractivity contribution in [3.63, 3.8) is 0 Å². The van der Waals surface area contributed by atoms with Gasteiger partial charge in [0.1, 0.15) is 0 Å². The van der Waals surface area contributed by atoms with Crippen molar-refractivity contribution in [2.45, 2.75) is 25.9 Å². The predicted octanol–water partition coefficient (Wildman–Crippen LogP) is 0.300. The van der Waals surface area contributed by atoms with E-state index in [9.17, 15) is 9.90 Å². The molecule has 3 N–H and O–H groups in total. The Morgan fingerprint density at radius 2 is 2.57 bits per heavy atom. The molecule has 78 valence electrons. The monoisotopic (exact) mass is 197 g/mol. The van der Waals surface area contributed by atoms with Crippen LogP contribution in [0.2, 0.25) is 0 Å². The third-order valence-corrected chi connectivity index (χ3v) is 1.83. The molecule has 1 heterocycles. The largest absolute Gasteiger partial charge is 0.391 e. The van der Waals surface area contributed by atoms with Crippen LogP contribution in [0.15, 0.2) is 12.4 Å². The Bertz CT molecular complexity index is 272. The zero-order chi connectivity index (χ0) is 10.4. The van der Waals surface area contributed by atoms with Gasteiger partial charge in [-0.25, -0.2) is 4.98 Å². The first kappa shape index (κ1) is 10.7. The number of hydrogen-bond donors (Lipinski definition) is 3. The molecule has 0 spiro atoms. The SMILES string of the molecule is CCCC(O)CNC(=O)c1ncc[nH]1. The van der Waals surface area contributed by atoms with Gasteiger partial charge in [0.25, 0.3) is 5.91 Å². The van der Waals surface area contributed by atoms with Crippen LogP contribution >= 0.6 is 0 Å². The minimum absolute atomic E-state index is 0.271. The molecule has 0 saturated heterocycles. The highest BCUT2D eigenvalue weighted by molar-refractivity contribution is 5.90. The maximum atomic E-state index is 11.3. The lowest BCUT2D eigenvalue weighted by atomic mass is 10.2. The fourth-order valence-corrected chi connectivity index (χ4v) is 1.12. The Balaban J connectivity index is 2.28. The standard InChI is InChI=1S/C9H15N3O2/c1-2-3-7(13)6-12-9(14)8-10-4-5-11-8/h4-5,7,13H,2-3,6H2,1H3,(H,10,11)(H,12,14). The number of aromatic amines is 1. The van der Waals surface area contributed by atoms with Crippen molar-refractivity contribution in [2.75, 3.05) is 6.54 Å². The summed E-state index contributed by atoms with van der Waals surface area (Å²) >= 11 is 0. The minimum atomic E-state index is -0.473. The molecule has 0 aromatic carbocycles. The van der Waals surface area contributed by atoms with Gasteiger partial charge < -0.3 is 15.4 Å². The van der Waals surface area contributed by atoms with E-state index >= 15 is 0 Å². The highest BCUT2D eigenvalue weighted by atomic mass is 16.3. The highest BCUT2D eigenvalue weighted by Gasteiger charge is 2.09. The van der Waals surface area contributed by atoms with Gasteiger partial charge in [-0.3, -0.25) is 4.79 Å². The first-order valence-electron chi connectivity index (χ1n) is 4.69. The molecule has 0 bridgehead atoms. The third-order valence-electron chi connectivity index (χ3n) is 1.83. The van der Waals surface area contributed by atoms with E-state index in [1.807, 2.05) is 6.92 Å². The van der Waals surface area contributed by atoms with E-state index in [0.29, 0.717) is 6.42 Å². The Hall–Kier alpha value is -1.36. The lowest BCUT2D eigenvalue weighted by molar-refractivity contribution is 0.0901. The number of rotatable bonds is 5. The smallest absolute Gasteiger partial charge is 0.287 e. The fraction of sp³-hybridized carbons (Fsp3) is 0.556. The Kier molecular flexibility index (Phi) is 4.12. The number of H-pyrrole nitrogens is 1. The van der Waals surface area contributed by atoms with E-state index in [4.69, 9.17) is 0 Å². The molecule has 1 amide bonds. The predicted molar refractivity (Wildman–Crippen MR) is 51.8 cm³/mol. The second-order valence-corrected chi connectivity index (χ2v) is 3.09. The summed E-state index contributed by atoms with van der Waals surface area (Å²) < 4.78 is 0. The third kappa shape index (κ3) is 3.18. The van der Waals surface area contributed by atoms with E-state index < -0.39 is 6.10 Å². The number of aliphatic hydroxyl groups is 1.